The molecule has 0 spiro atoms. The van der Waals surface area contributed by atoms with Crippen molar-refractivity contribution in [3.63, 3.8) is 0 Å². The van der Waals surface area contributed by atoms with Crippen LogP contribution in [0.2, 0.25) is 24.7 Å². The minimum atomic E-state index is -1.66. The first kappa shape index (κ1) is 13.9. The fourth-order valence-corrected chi connectivity index (χ4v) is 4.14. The summed E-state index contributed by atoms with van der Waals surface area (Å²) in [6, 6.07) is 12.3. The average Bonchev–Trinajstić information content (AvgIpc) is 2.36. The summed E-state index contributed by atoms with van der Waals surface area (Å²) in [6.07, 6.45) is 0. The van der Waals surface area contributed by atoms with Crippen molar-refractivity contribution >= 4 is 43.1 Å². The van der Waals surface area contributed by atoms with E-state index in [-0.39, 0.29) is 0 Å². The van der Waals surface area contributed by atoms with Gasteiger partial charge in [-0.15, -0.1) is 0 Å². The normalized spacial score (nSPS) is 13.2. The van der Waals surface area contributed by atoms with Crippen molar-refractivity contribution in [2.24, 2.45) is 0 Å². The van der Waals surface area contributed by atoms with Gasteiger partial charge in [0.15, 0.2) is 0 Å². The maximum Gasteiger partial charge on any atom is 0.242 e. The summed E-state index contributed by atoms with van der Waals surface area (Å²) in [5.74, 6) is 0.790. The highest BCUT2D eigenvalue weighted by atomic mass is 35.5. The third kappa shape index (κ3) is 2.82. The average molecular weight is 322 g/mol. The molecular weight excluding hydrogens is 306 g/mol. The fraction of sp³-hybridized carbons (Fsp3) is 0.200. The van der Waals surface area contributed by atoms with Gasteiger partial charge in [-0.3, -0.25) is 0 Å². The van der Waals surface area contributed by atoms with Gasteiger partial charge < -0.3 is 9.74 Å². The largest absolute Gasteiger partial charge is 0.543 e. The molecule has 2 nitrogen and oxygen atoms in total. The van der Waals surface area contributed by atoms with Crippen molar-refractivity contribution in [2.45, 2.75) is 29.4 Å². The molecule has 2 aromatic rings. The SMILES string of the molecule is C[Si](C)(C)Oc1cc2c(cc1Cl)Nc1ccccc1S2. The molecule has 0 aliphatic carbocycles. The third-order valence-electron chi connectivity index (χ3n) is 2.83. The Balaban J connectivity index is 1.99. The van der Waals surface area contributed by atoms with Gasteiger partial charge in [-0.25, -0.2) is 0 Å². The van der Waals surface area contributed by atoms with Crippen LogP contribution in [-0.4, -0.2) is 8.32 Å². The summed E-state index contributed by atoms with van der Waals surface area (Å²) >= 11 is 8.09. The highest BCUT2D eigenvalue weighted by Crippen LogP contribution is 2.47. The first-order chi connectivity index (χ1) is 9.42. The second-order valence-corrected chi connectivity index (χ2v) is 11.6. The van der Waals surface area contributed by atoms with E-state index in [9.17, 15) is 0 Å². The summed E-state index contributed by atoms with van der Waals surface area (Å²) in [5, 5.41) is 4.09. The van der Waals surface area contributed by atoms with Gasteiger partial charge in [0.2, 0.25) is 8.32 Å². The summed E-state index contributed by atoms with van der Waals surface area (Å²) < 4.78 is 6.05. The summed E-state index contributed by atoms with van der Waals surface area (Å²) in [7, 11) is -1.66. The van der Waals surface area contributed by atoms with Crippen molar-refractivity contribution in [1.29, 1.82) is 0 Å². The molecule has 1 heterocycles. The number of para-hydroxylation sites is 1. The van der Waals surface area contributed by atoms with Crippen LogP contribution in [0.4, 0.5) is 11.4 Å². The Kier molecular flexibility index (Phi) is 3.48. The smallest absolute Gasteiger partial charge is 0.242 e. The van der Waals surface area contributed by atoms with Gasteiger partial charge in [-0.2, -0.15) is 0 Å². The Morgan fingerprint density at radius 2 is 1.80 bits per heavy atom. The number of halogens is 1. The quantitative estimate of drug-likeness (QED) is 0.606. The van der Waals surface area contributed by atoms with Gasteiger partial charge in [0.1, 0.15) is 5.75 Å². The maximum absolute atomic E-state index is 6.34. The van der Waals surface area contributed by atoms with E-state index in [0.29, 0.717) is 5.02 Å². The number of nitrogens with one attached hydrogen (secondary N) is 1. The first-order valence-corrected chi connectivity index (χ1v) is 11.1. The zero-order valence-electron chi connectivity index (χ0n) is 11.7. The molecule has 1 N–H and O–H groups in total. The molecule has 0 saturated carbocycles. The van der Waals surface area contributed by atoms with Crippen LogP contribution in [0.3, 0.4) is 0 Å². The number of rotatable bonds is 2. The van der Waals surface area contributed by atoms with Gasteiger partial charge in [0, 0.05) is 9.79 Å². The lowest BCUT2D eigenvalue weighted by atomic mass is 10.2. The minimum Gasteiger partial charge on any atom is -0.543 e. The minimum absolute atomic E-state index is 0.665. The van der Waals surface area contributed by atoms with Crippen LogP contribution < -0.4 is 9.74 Å². The fourth-order valence-electron chi connectivity index (χ4n) is 2.05. The van der Waals surface area contributed by atoms with Gasteiger partial charge in [0.05, 0.1) is 16.4 Å². The Hall–Kier alpha value is -1.10. The molecule has 0 fully saturated rings. The van der Waals surface area contributed by atoms with E-state index in [1.807, 2.05) is 24.3 Å². The van der Waals surface area contributed by atoms with Crippen LogP contribution in [-0.2, 0) is 0 Å². The zero-order chi connectivity index (χ0) is 14.3. The molecule has 1 aliphatic rings. The molecule has 0 radical (unpaired) electrons. The maximum atomic E-state index is 6.34. The Morgan fingerprint density at radius 1 is 1.05 bits per heavy atom. The third-order valence-corrected chi connectivity index (χ3v) is 5.09. The van der Waals surface area contributed by atoms with Crippen LogP contribution in [0, 0.1) is 0 Å². The molecule has 0 atom stereocenters. The molecule has 0 saturated heterocycles. The standard InChI is InChI=1S/C15H16ClNOSSi/c1-20(2,3)18-13-9-15-12(8-10(13)16)17-11-6-4-5-7-14(11)19-15/h4-9,17H,1-3H3. The van der Waals surface area contributed by atoms with Crippen LogP contribution in [0.15, 0.2) is 46.2 Å². The second kappa shape index (κ2) is 5.02. The van der Waals surface area contributed by atoms with E-state index in [2.05, 4.69) is 37.1 Å². The van der Waals surface area contributed by atoms with Crippen molar-refractivity contribution < 1.29 is 4.43 Å². The van der Waals surface area contributed by atoms with Crippen LogP contribution in [0.5, 0.6) is 5.75 Å². The molecule has 104 valence electrons. The number of fused-ring (bicyclic) bond motifs is 2. The van der Waals surface area contributed by atoms with E-state index in [1.165, 1.54) is 4.90 Å². The van der Waals surface area contributed by atoms with Crippen LogP contribution in [0.25, 0.3) is 0 Å². The molecule has 0 aromatic heterocycles. The molecule has 0 bridgehead atoms. The summed E-state index contributed by atoms with van der Waals surface area (Å²) in [4.78, 5) is 2.38. The number of hydrogen-bond acceptors (Lipinski definition) is 3. The lowest BCUT2D eigenvalue weighted by Crippen LogP contribution is -2.29. The van der Waals surface area contributed by atoms with E-state index < -0.39 is 8.32 Å². The lowest BCUT2D eigenvalue weighted by Gasteiger charge is -2.25. The molecule has 3 rings (SSSR count). The van der Waals surface area contributed by atoms with Gasteiger partial charge in [-0.05, 0) is 43.9 Å². The highest BCUT2D eigenvalue weighted by Gasteiger charge is 2.22. The first-order valence-electron chi connectivity index (χ1n) is 6.49. The molecule has 20 heavy (non-hydrogen) atoms. The van der Waals surface area contributed by atoms with Gasteiger partial charge >= 0.3 is 0 Å². The zero-order valence-corrected chi connectivity index (χ0v) is 14.2. The summed E-state index contributed by atoms with van der Waals surface area (Å²) in [5.41, 5.74) is 2.17. The number of benzene rings is 2. The molecule has 2 aromatic carbocycles. The van der Waals surface area contributed by atoms with Crippen molar-refractivity contribution in [3.8, 4) is 5.75 Å². The van der Waals surface area contributed by atoms with Crippen LogP contribution >= 0.6 is 23.4 Å². The van der Waals surface area contributed by atoms with Crippen LogP contribution in [0.1, 0.15) is 0 Å². The van der Waals surface area contributed by atoms with Crippen molar-refractivity contribution in [1.82, 2.24) is 0 Å². The Morgan fingerprint density at radius 3 is 2.55 bits per heavy atom. The Bertz CT molecular complexity index is 669. The number of anilines is 2. The van der Waals surface area contributed by atoms with Crippen molar-refractivity contribution in [2.75, 3.05) is 5.32 Å². The number of hydrogen-bond donors (Lipinski definition) is 1. The predicted molar refractivity (Wildman–Crippen MR) is 89.3 cm³/mol. The Labute approximate surface area is 129 Å². The van der Waals surface area contributed by atoms with Gasteiger partial charge in [0.25, 0.3) is 0 Å². The molecule has 0 unspecified atom stereocenters. The molecule has 1 aliphatic heterocycles. The monoisotopic (exact) mass is 321 g/mol. The molecule has 0 amide bonds. The van der Waals surface area contributed by atoms with E-state index in [1.54, 1.807) is 11.8 Å². The highest BCUT2D eigenvalue weighted by molar-refractivity contribution is 7.99. The molecular formula is C15H16ClNOSSi. The van der Waals surface area contributed by atoms with E-state index in [0.717, 1.165) is 22.0 Å². The summed E-state index contributed by atoms with van der Waals surface area (Å²) in [6.45, 7) is 6.47. The topological polar surface area (TPSA) is 21.3 Å². The van der Waals surface area contributed by atoms with E-state index in [4.69, 9.17) is 16.0 Å². The second-order valence-electron chi connectivity index (χ2n) is 5.72. The lowest BCUT2D eigenvalue weighted by molar-refractivity contribution is 0.556. The molecule has 5 heteroatoms. The van der Waals surface area contributed by atoms with E-state index >= 15 is 0 Å². The van der Waals surface area contributed by atoms with Crippen molar-refractivity contribution in [3.05, 3.63) is 41.4 Å². The predicted octanol–water partition coefficient (Wildman–Crippen LogP) is 5.76. The van der Waals surface area contributed by atoms with Gasteiger partial charge in [-0.1, -0.05) is 35.5 Å².